The maximum Gasteiger partial charge on any atom is 0.137 e. The lowest BCUT2D eigenvalue weighted by Crippen LogP contribution is -2.00. The van der Waals surface area contributed by atoms with Crippen molar-refractivity contribution in [1.82, 2.24) is 0 Å². The molecule has 0 aromatic heterocycles. The summed E-state index contributed by atoms with van der Waals surface area (Å²) in [6.07, 6.45) is 1.74. The second-order valence-corrected chi connectivity index (χ2v) is 3.11. The minimum Gasteiger partial charge on any atom is -0.492 e. The number of ether oxygens (including phenoxy) is 1. The lowest BCUT2D eigenvalue weighted by Gasteiger charge is -2.12. The van der Waals surface area contributed by atoms with Crippen LogP contribution >= 0.6 is 0 Å². The average Bonchev–Trinajstić information content (AvgIpc) is 2.28. The molecule has 0 aliphatic heterocycles. The molecule has 0 bridgehead atoms. The number of benzene rings is 1. The quantitative estimate of drug-likeness (QED) is 0.748. The highest BCUT2D eigenvalue weighted by Gasteiger charge is 2.12. The summed E-state index contributed by atoms with van der Waals surface area (Å²) in [7, 11) is 0. The van der Waals surface area contributed by atoms with Gasteiger partial charge in [-0.2, -0.15) is 5.26 Å². The van der Waals surface area contributed by atoms with Crippen molar-refractivity contribution in [1.29, 1.82) is 5.26 Å². The van der Waals surface area contributed by atoms with Gasteiger partial charge in [-0.1, -0.05) is 25.1 Å². The largest absolute Gasteiger partial charge is 0.492 e. The van der Waals surface area contributed by atoms with Gasteiger partial charge in [0.05, 0.1) is 12.2 Å². The van der Waals surface area contributed by atoms with E-state index < -0.39 is 0 Å². The zero-order valence-electron chi connectivity index (χ0n) is 9.08. The summed E-state index contributed by atoms with van der Waals surface area (Å²) in [4.78, 5) is 0. The van der Waals surface area contributed by atoms with E-state index in [1.165, 1.54) is 0 Å². The molecule has 1 rings (SSSR count). The molecule has 0 atom stereocenters. The van der Waals surface area contributed by atoms with Gasteiger partial charge in [-0.25, -0.2) is 0 Å². The standard InChI is InChI=1S/C13H14NO/c1-4-10(3)11-7-6-8-13(15-5-2)12(11)9-14/h4,6-8H,1,5H2,2-3H3. The summed E-state index contributed by atoms with van der Waals surface area (Å²) < 4.78 is 5.39. The summed E-state index contributed by atoms with van der Waals surface area (Å²) in [5.41, 5.74) is 1.47. The fourth-order valence-corrected chi connectivity index (χ4v) is 1.36. The van der Waals surface area contributed by atoms with Crippen LogP contribution in [0.15, 0.2) is 30.9 Å². The number of nitriles is 1. The Balaban J connectivity index is 3.23. The third-order valence-corrected chi connectivity index (χ3v) is 2.17. The van der Waals surface area contributed by atoms with E-state index in [1.807, 2.05) is 32.0 Å². The molecule has 15 heavy (non-hydrogen) atoms. The Hall–Kier alpha value is -1.75. The van der Waals surface area contributed by atoms with Crippen molar-refractivity contribution < 1.29 is 4.74 Å². The van der Waals surface area contributed by atoms with Crippen LogP contribution < -0.4 is 4.74 Å². The molecule has 1 radical (unpaired) electrons. The van der Waals surface area contributed by atoms with Gasteiger partial charge in [-0.05, 0) is 18.6 Å². The van der Waals surface area contributed by atoms with Gasteiger partial charge in [0.1, 0.15) is 11.8 Å². The number of rotatable bonds is 4. The van der Waals surface area contributed by atoms with E-state index in [0.29, 0.717) is 17.9 Å². The zero-order chi connectivity index (χ0) is 11.3. The minimum absolute atomic E-state index is 0.561. The van der Waals surface area contributed by atoms with Crippen LogP contribution in [-0.2, 0) is 0 Å². The molecule has 0 fully saturated rings. The third-order valence-electron chi connectivity index (χ3n) is 2.17. The van der Waals surface area contributed by atoms with Gasteiger partial charge in [0.25, 0.3) is 0 Å². The summed E-state index contributed by atoms with van der Waals surface area (Å²) >= 11 is 0. The van der Waals surface area contributed by atoms with Crippen LogP contribution in [0.2, 0.25) is 0 Å². The molecule has 0 unspecified atom stereocenters. The fourth-order valence-electron chi connectivity index (χ4n) is 1.36. The van der Waals surface area contributed by atoms with Crippen LogP contribution in [0.4, 0.5) is 0 Å². The highest BCUT2D eigenvalue weighted by atomic mass is 16.5. The summed E-state index contributed by atoms with van der Waals surface area (Å²) in [5.74, 6) is 1.62. The Kier molecular flexibility index (Phi) is 3.93. The van der Waals surface area contributed by atoms with Crippen LogP contribution in [0.1, 0.15) is 25.0 Å². The van der Waals surface area contributed by atoms with Crippen LogP contribution in [0.25, 0.3) is 0 Å². The van der Waals surface area contributed by atoms with Crippen molar-refractivity contribution >= 4 is 0 Å². The van der Waals surface area contributed by atoms with Gasteiger partial charge >= 0.3 is 0 Å². The molecule has 0 saturated carbocycles. The molecule has 2 heteroatoms. The predicted molar refractivity (Wildman–Crippen MR) is 60.5 cm³/mol. The van der Waals surface area contributed by atoms with Crippen LogP contribution in [-0.4, -0.2) is 6.61 Å². The van der Waals surface area contributed by atoms with Gasteiger partial charge in [0, 0.05) is 5.92 Å². The number of nitrogens with zero attached hydrogens (tertiary/aromatic N) is 1. The van der Waals surface area contributed by atoms with E-state index in [2.05, 4.69) is 12.6 Å². The summed E-state index contributed by atoms with van der Waals surface area (Å²) in [6, 6.07) is 7.76. The van der Waals surface area contributed by atoms with Gasteiger partial charge in [-0.3, -0.25) is 0 Å². The van der Waals surface area contributed by atoms with Crippen molar-refractivity contribution in [3.63, 3.8) is 0 Å². The highest BCUT2D eigenvalue weighted by molar-refractivity contribution is 5.55. The van der Waals surface area contributed by atoms with Crippen LogP contribution in [0, 0.1) is 17.2 Å². The number of hydrogen-bond acceptors (Lipinski definition) is 2. The lowest BCUT2D eigenvalue weighted by atomic mass is 9.96. The number of hydrogen-bond donors (Lipinski definition) is 0. The van der Waals surface area contributed by atoms with E-state index >= 15 is 0 Å². The van der Waals surface area contributed by atoms with E-state index in [1.54, 1.807) is 6.08 Å². The maximum absolute atomic E-state index is 9.09. The van der Waals surface area contributed by atoms with Crippen molar-refractivity contribution in [3.8, 4) is 11.8 Å². The molecule has 0 heterocycles. The normalized spacial score (nSPS) is 9.73. The highest BCUT2D eigenvalue weighted by Crippen LogP contribution is 2.27. The minimum atomic E-state index is 0.561. The van der Waals surface area contributed by atoms with Crippen molar-refractivity contribution in [3.05, 3.63) is 47.9 Å². The third kappa shape index (κ3) is 2.38. The molecule has 1 aromatic carbocycles. The van der Waals surface area contributed by atoms with Crippen molar-refractivity contribution in [2.24, 2.45) is 0 Å². The molecule has 0 aliphatic carbocycles. The first-order valence-corrected chi connectivity index (χ1v) is 4.86. The Morgan fingerprint density at radius 2 is 2.33 bits per heavy atom. The molecule has 77 valence electrons. The van der Waals surface area contributed by atoms with Gasteiger partial charge in [0.2, 0.25) is 0 Å². The Bertz CT molecular complexity index is 390. The molecular weight excluding hydrogens is 186 g/mol. The fraction of sp³-hybridized carbons (Fsp3) is 0.231. The van der Waals surface area contributed by atoms with Crippen LogP contribution in [0.3, 0.4) is 0 Å². The molecule has 0 saturated heterocycles. The molecule has 0 aliphatic rings. The predicted octanol–water partition coefficient (Wildman–Crippen LogP) is 3.09. The first-order chi connectivity index (χ1) is 7.24. The number of allylic oxidation sites excluding steroid dienone is 1. The van der Waals surface area contributed by atoms with Gasteiger partial charge in [0.15, 0.2) is 0 Å². The lowest BCUT2D eigenvalue weighted by molar-refractivity contribution is 0.339. The molecule has 2 nitrogen and oxygen atoms in total. The second-order valence-electron chi connectivity index (χ2n) is 3.11. The van der Waals surface area contributed by atoms with Crippen LogP contribution in [0.5, 0.6) is 5.75 Å². The Morgan fingerprint density at radius 3 is 2.87 bits per heavy atom. The Labute approximate surface area is 90.8 Å². The SMILES string of the molecule is C=C[C](C)c1cccc(OCC)c1C#N. The maximum atomic E-state index is 9.09. The van der Waals surface area contributed by atoms with E-state index in [0.717, 1.165) is 11.5 Å². The van der Waals surface area contributed by atoms with Gasteiger partial charge < -0.3 is 4.74 Å². The molecule has 0 spiro atoms. The second kappa shape index (κ2) is 5.21. The first-order valence-electron chi connectivity index (χ1n) is 4.86. The van der Waals surface area contributed by atoms with E-state index in [4.69, 9.17) is 10.00 Å². The van der Waals surface area contributed by atoms with Gasteiger partial charge in [-0.15, -0.1) is 6.58 Å². The topological polar surface area (TPSA) is 33.0 Å². The van der Waals surface area contributed by atoms with Crippen molar-refractivity contribution in [2.75, 3.05) is 6.61 Å². The molecule has 1 aromatic rings. The molecular formula is C13H14NO. The molecule has 0 N–H and O–H groups in total. The summed E-state index contributed by atoms with van der Waals surface area (Å²) in [5, 5.41) is 9.09. The first kappa shape index (κ1) is 11.3. The van der Waals surface area contributed by atoms with E-state index in [-0.39, 0.29) is 0 Å². The zero-order valence-corrected chi connectivity index (χ0v) is 9.08. The Morgan fingerprint density at radius 1 is 1.60 bits per heavy atom. The van der Waals surface area contributed by atoms with E-state index in [9.17, 15) is 0 Å². The molecule has 0 amide bonds. The average molecular weight is 200 g/mol. The smallest absolute Gasteiger partial charge is 0.137 e. The monoisotopic (exact) mass is 200 g/mol. The summed E-state index contributed by atoms with van der Waals surface area (Å²) in [6.45, 7) is 8.09. The van der Waals surface area contributed by atoms with Crippen molar-refractivity contribution in [2.45, 2.75) is 13.8 Å².